The van der Waals surface area contributed by atoms with Crippen LogP contribution >= 0.6 is 0 Å². The smallest absolute Gasteiger partial charge is 0.375 e. The van der Waals surface area contributed by atoms with Gasteiger partial charge in [-0.3, -0.25) is 9.59 Å². The van der Waals surface area contributed by atoms with Crippen molar-refractivity contribution in [2.24, 2.45) is 0 Å². The Morgan fingerprint density at radius 3 is 2.69 bits per heavy atom. The van der Waals surface area contributed by atoms with Gasteiger partial charge in [-0.15, -0.1) is 0 Å². The number of ether oxygens (including phenoxy) is 1. The van der Waals surface area contributed by atoms with Gasteiger partial charge in [0.15, 0.2) is 5.78 Å². The summed E-state index contributed by atoms with van der Waals surface area (Å²) in [6.45, 7) is 1.69. The summed E-state index contributed by atoms with van der Waals surface area (Å²) in [5, 5.41) is 0. The van der Waals surface area contributed by atoms with Crippen molar-refractivity contribution in [2.75, 3.05) is 6.61 Å². The first-order valence-corrected chi connectivity index (χ1v) is 7.90. The Labute approximate surface area is 148 Å². The van der Waals surface area contributed by atoms with Crippen LogP contribution in [0, 0.1) is 11.6 Å². The third-order valence-electron chi connectivity index (χ3n) is 3.49. The Kier molecular flexibility index (Phi) is 6.54. The van der Waals surface area contributed by atoms with Gasteiger partial charge in [-0.05, 0) is 49.4 Å². The van der Waals surface area contributed by atoms with Crippen molar-refractivity contribution in [3.8, 4) is 0 Å². The van der Waals surface area contributed by atoms with E-state index in [4.69, 9.17) is 0 Å². The minimum absolute atomic E-state index is 0.0543. The van der Waals surface area contributed by atoms with Crippen molar-refractivity contribution < 1.29 is 27.9 Å². The van der Waals surface area contributed by atoms with Crippen LogP contribution < -0.4 is 0 Å². The highest BCUT2D eigenvalue weighted by atomic mass is 19.1. The first-order chi connectivity index (χ1) is 12.4. The number of halogens is 2. The van der Waals surface area contributed by atoms with E-state index < -0.39 is 35.6 Å². The van der Waals surface area contributed by atoms with Crippen molar-refractivity contribution >= 4 is 23.6 Å². The Bertz CT molecular complexity index is 855. The second-order valence-electron chi connectivity index (χ2n) is 5.42. The molecule has 0 saturated carbocycles. The molecule has 0 atom stereocenters. The molecule has 0 unspecified atom stereocenters. The van der Waals surface area contributed by atoms with Gasteiger partial charge in [-0.25, -0.2) is 13.6 Å². The zero-order valence-electron chi connectivity index (χ0n) is 14.1. The minimum atomic E-state index is -1.04. The number of carbonyl (C=O) groups is 3. The van der Waals surface area contributed by atoms with Crippen LogP contribution in [-0.2, 0) is 25.7 Å². The van der Waals surface area contributed by atoms with Crippen LogP contribution in [0.1, 0.15) is 24.6 Å². The average Bonchev–Trinajstić information content (AvgIpc) is 3.03. The molecule has 136 valence electrons. The van der Waals surface area contributed by atoms with Crippen LogP contribution in [0.5, 0.6) is 0 Å². The summed E-state index contributed by atoms with van der Waals surface area (Å²) in [5.74, 6) is -3.60. The third kappa shape index (κ3) is 5.20. The van der Waals surface area contributed by atoms with Gasteiger partial charge in [0.05, 0.1) is 19.6 Å². The highest BCUT2D eigenvalue weighted by Gasteiger charge is 2.17. The molecule has 7 heteroatoms. The van der Waals surface area contributed by atoms with Gasteiger partial charge in [0, 0.05) is 17.5 Å². The first kappa shape index (κ1) is 19.2. The number of carbonyl (C=O) groups excluding carboxylic acids is 3. The Morgan fingerprint density at radius 2 is 1.96 bits per heavy atom. The fourth-order valence-electron chi connectivity index (χ4n) is 2.25. The third-order valence-corrected chi connectivity index (χ3v) is 3.49. The van der Waals surface area contributed by atoms with E-state index in [0.29, 0.717) is 5.69 Å². The molecule has 0 bridgehead atoms. The number of hydrogen-bond acceptors (Lipinski definition) is 4. The van der Waals surface area contributed by atoms with E-state index in [2.05, 4.69) is 4.74 Å². The average molecular weight is 361 g/mol. The maximum absolute atomic E-state index is 13.8. The number of esters is 1. The van der Waals surface area contributed by atoms with Gasteiger partial charge in [-0.1, -0.05) is 0 Å². The monoisotopic (exact) mass is 361 g/mol. The second-order valence-corrected chi connectivity index (χ2v) is 5.42. The number of nitrogens with zero attached hydrogens (tertiary/aromatic N) is 1. The number of rotatable bonds is 8. The molecule has 1 aromatic heterocycles. The van der Waals surface area contributed by atoms with Crippen molar-refractivity contribution in [1.82, 2.24) is 4.57 Å². The summed E-state index contributed by atoms with van der Waals surface area (Å²) in [7, 11) is 0. The molecule has 5 nitrogen and oxygen atoms in total. The summed E-state index contributed by atoms with van der Waals surface area (Å²) in [4.78, 5) is 34.5. The van der Waals surface area contributed by atoms with Gasteiger partial charge >= 0.3 is 5.97 Å². The molecular weight excluding hydrogens is 344 g/mol. The van der Waals surface area contributed by atoms with Gasteiger partial charge in [0.1, 0.15) is 11.6 Å². The Balaban J connectivity index is 2.05. The molecule has 2 rings (SSSR count). The van der Waals surface area contributed by atoms with E-state index in [0.717, 1.165) is 24.3 Å². The van der Waals surface area contributed by atoms with Gasteiger partial charge in [0.25, 0.3) is 0 Å². The zero-order valence-corrected chi connectivity index (χ0v) is 14.1. The predicted molar refractivity (Wildman–Crippen MR) is 90.2 cm³/mol. The molecule has 0 radical (unpaired) electrons. The van der Waals surface area contributed by atoms with E-state index in [9.17, 15) is 23.2 Å². The molecular formula is C19H17F2NO4. The minimum Gasteiger partial charge on any atom is -0.460 e. The lowest BCUT2D eigenvalue weighted by atomic mass is 10.2. The maximum Gasteiger partial charge on any atom is 0.375 e. The van der Waals surface area contributed by atoms with Crippen LogP contribution in [0.3, 0.4) is 0 Å². The van der Waals surface area contributed by atoms with Crippen molar-refractivity contribution in [3.63, 3.8) is 0 Å². The molecule has 0 N–H and O–H groups in total. The molecule has 0 saturated heterocycles. The molecule has 0 aliphatic heterocycles. The highest BCUT2D eigenvalue weighted by molar-refractivity contribution is 6.37. The standard InChI is InChI=1S/C19H17F2NO4/c1-2-26-19(25)18(24)11-16(23)7-6-15-4-3-9-22(15)12-13-10-14(20)5-8-17(13)21/h3-10H,2,11-12H2,1H3/b7-6+. The number of Topliss-reactive ketones (excluding diaryl/α,β-unsaturated/α-hetero) is 1. The number of benzene rings is 1. The fraction of sp³-hybridized carbons (Fsp3) is 0.211. The fourth-order valence-corrected chi connectivity index (χ4v) is 2.25. The lowest BCUT2D eigenvalue weighted by Gasteiger charge is -2.08. The van der Waals surface area contributed by atoms with Crippen LogP contribution in [-0.4, -0.2) is 28.7 Å². The van der Waals surface area contributed by atoms with Crippen molar-refractivity contribution in [2.45, 2.75) is 19.9 Å². The first-order valence-electron chi connectivity index (χ1n) is 7.90. The topological polar surface area (TPSA) is 65.4 Å². The van der Waals surface area contributed by atoms with Crippen LogP contribution in [0.25, 0.3) is 6.08 Å². The Hall–Kier alpha value is -3.09. The van der Waals surface area contributed by atoms with Gasteiger partial charge < -0.3 is 9.30 Å². The van der Waals surface area contributed by atoms with Gasteiger partial charge in [-0.2, -0.15) is 0 Å². The van der Waals surface area contributed by atoms with Crippen LogP contribution in [0.2, 0.25) is 0 Å². The molecule has 1 aromatic carbocycles. The SMILES string of the molecule is CCOC(=O)C(=O)CC(=O)/C=C/c1cccn1Cc1cc(F)ccc1F. The molecule has 0 aliphatic carbocycles. The molecule has 2 aromatic rings. The largest absolute Gasteiger partial charge is 0.460 e. The van der Waals surface area contributed by atoms with E-state index >= 15 is 0 Å². The summed E-state index contributed by atoms with van der Waals surface area (Å²) in [5.41, 5.74) is 0.727. The number of allylic oxidation sites excluding steroid dienone is 1. The molecule has 0 amide bonds. The highest BCUT2D eigenvalue weighted by Crippen LogP contribution is 2.14. The molecule has 0 spiro atoms. The summed E-state index contributed by atoms with van der Waals surface area (Å²) < 4.78 is 33.2. The lowest BCUT2D eigenvalue weighted by molar-refractivity contribution is -0.154. The zero-order chi connectivity index (χ0) is 19.1. The lowest BCUT2D eigenvalue weighted by Crippen LogP contribution is -2.19. The van der Waals surface area contributed by atoms with E-state index in [1.807, 2.05) is 0 Å². The molecule has 26 heavy (non-hydrogen) atoms. The normalized spacial score (nSPS) is 10.9. The van der Waals surface area contributed by atoms with Crippen LogP contribution in [0.4, 0.5) is 8.78 Å². The van der Waals surface area contributed by atoms with Crippen LogP contribution in [0.15, 0.2) is 42.6 Å². The van der Waals surface area contributed by atoms with E-state index in [1.165, 1.54) is 6.08 Å². The summed E-state index contributed by atoms with van der Waals surface area (Å²) >= 11 is 0. The van der Waals surface area contributed by atoms with Gasteiger partial charge in [0.2, 0.25) is 5.78 Å². The van der Waals surface area contributed by atoms with E-state index in [1.54, 1.807) is 29.8 Å². The second kappa shape index (κ2) is 8.84. The predicted octanol–water partition coefficient (Wildman–Crippen LogP) is 2.92. The number of aromatic nitrogens is 1. The molecule has 1 heterocycles. The number of hydrogen-bond donors (Lipinski definition) is 0. The Morgan fingerprint density at radius 1 is 1.19 bits per heavy atom. The summed E-state index contributed by atoms with van der Waals surface area (Å²) in [6, 6.07) is 6.55. The molecule has 0 fully saturated rings. The van der Waals surface area contributed by atoms with E-state index in [-0.39, 0.29) is 18.7 Å². The molecule has 0 aliphatic rings. The van der Waals surface area contributed by atoms with Crippen molar-refractivity contribution in [1.29, 1.82) is 0 Å². The number of ketones is 2. The summed E-state index contributed by atoms with van der Waals surface area (Å²) in [6.07, 6.45) is 3.66. The maximum atomic E-state index is 13.8. The van der Waals surface area contributed by atoms with Crippen molar-refractivity contribution in [3.05, 3.63) is 65.5 Å². The quantitative estimate of drug-likeness (QED) is 0.314.